The molecule has 118 valence electrons. The molecule has 0 saturated carbocycles. The van der Waals surface area contributed by atoms with Gasteiger partial charge >= 0.3 is 0 Å². The Labute approximate surface area is 129 Å². The fraction of sp³-hybridized carbons (Fsp3) is 0.412. The molecular weight excluding hydrogens is 285 g/mol. The van der Waals surface area contributed by atoms with Gasteiger partial charge in [0.1, 0.15) is 17.1 Å². The van der Waals surface area contributed by atoms with Gasteiger partial charge in [0.25, 0.3) is 5.91 Å². The molecule has 2 rings (SSSR count). The normalized spacial score (nSPS) is 21.0. The summed E-state index contributed by atoms with van der Waals surface area (Å²) in [6.07, 6.45) is 0.530. The van der Waals surface area contributed by atoms with E-state index in [-0.39, 0.29) is 35.4 Å². The number of nitrogens with zero attached hydrogens (tertiary/aromatic N) is 1. The van der Waals surface area contributed by atoms with Gasteiger partial charge in [-0.2, -0.15) is 0 Å². The zero-order valence-electron chi connectivity index (χ0n) is 13.0. The van der Waals surface area contributed by atoms with Gasteiger partial charge in [-0.1, -0.05) is 26.0 Å². The van der Waals surface area contributed by atoms with Crippen molar-refractivity contribution in [3.8, 4) is 0 Å². The topological polar surface area (TPSA) is 57.6 Å². The summed E-state index contributed by atoms with van der Waals surface area (Å²) >= 11 is 0. The second kappa shape index (κ2) is 6.30. The molecule has 1 heterocycles. The monoisotopic (exact) mass is 305 g/mol. The summed E-state index contributed by atoms with van der Waals surface area (Å²) in [5.41, 5.74) is 0.612. The van der Waals surface area contributed by atoms with Gasteiger partial charge in [-0.05, 0) is 37.0 Å². The highest BCUT2D eigenvalue weighted by Crippen LogP contribution is 2.28. The molecule has 0 aromatic heterocycles. The number of ketones is 1. The number of carbonyl (C=O) groups excluding carboxylic acids is 2. The third kappa shape index (κ3) is 3.18. The first-order valence-electron chi connectivity index (χ1n) is 7.30. The van der Waals surface area contributed by atoms with Crippen molar-refractivity contribution in [3.63, 3.8) is 0 Å². The number of halogens is 1. The number of aliphatic hydroxyl groups excluding tert-OH is 1. The largest absolute Gasteiger partial charge is 0.512 e. The Morgan fingerprint density at radius 1 is 1.27 bits per heavy atom. The molecule has 1 N–H and O–H groups in total. The minimum atomic E-state index is -0.574. The van der Waals surface area contributed by atoms with E-state index in [1.54, 1.807) is 12.1 Å². The van der Waals surface area contributed by atoms with Crippen LogP contribution in [-0.4, -0.2) is 27.7 Å². The van der Waals surface area contributed by atoms with Crippen LogP contribution in [0.4, 0.5) is 4.39 Å². The molecule has 22 heavy (non-hydrogen) atoms. The van der Waals surface area contributed by atoms with Crippen molar-refractivity contribution >= 4 is 11.7 Å². The van der Waals surface area contributed by atoms with Gasteiger partial charge in [0, 0.05) is 6.54 Å². The van der Waals surface area contributed by atoms with Crippen LogP contribution in [0.3, 0.4) is 0 Å². The number of rotatable bonds is 4. The Bertz CT molecular complexity index is 615. The van der Waals surface area contributed by atoms with Crippen LogP contribution in [0.1, 0.15) is 32.8 Å². The smallest absolute Gasteiger partial charge is 0.261 e. The summed E-state index contributed by atoms with van der Waals surface area (Å²) in [4.78, 5) is 26.3. The van der Waals surface area contributed by atoms with Crippen molar-refractivity contribution in [2.75, 3.05) is 0 Å². The van der Waals surface area contributed by atoms with Crippen LogP contribution in [0, 0.1) is 11.7 Å². The minimum Gasteiger partial charge on any atom is -0.512 e. The zero-order chi connectivity index (χ0) is 16.4. The molecule has 1 aliphatic rings. The van der Waals surface area contributed by atoms with Crippen LogP contribution < -0.4 is 0 Å². The van der Waals surface area contributed by atoms with Crippen LogP contribution in [0.2, 0.25) is 0 Å². The van der Waals surface area contributed by atoms with E-state index in [0.717, 1.165) is 5.56 Å². The predicted molar refractivity (Wildman–Crippen MR) is 80.5 cm³/mol. The maximum Gasteiger partial charge on any atom is 0.261 e. The molecule has 4 nitrogen and oxygen atoms in total. The van der Waals surface area contributed by atoms with E-state index in [1.807, 2.05) is 13.8 Å². The van der Waals surface area contributed by atoms with Gasteiger partial charge in [-0.15, -0.1) is 0 Å². The van der Waals surface area contributed by atoms with Crippen LogP contribution in [0.5, 0.6) is 0 Å². The Kier molecular flexibility index (Phi) is 4.64. The summed E-state index contributed by atoms with van der Waals surface area (Å²) in [6, 6.07) is 5.25. The highest BCUT2D eigenvalue weighted by atomic mass is 19.1. The summed E-state index contributed by atoms with van der Waals surface area (Å²) in [5, 5.41) is 9.63. The van der Waals surface area contributed by atoms with Gasteiger partial charge in [0.05, 0.1) is 6.04 Å². The van der Waals surface area contributed by atoms with Gasteiger partial charge in [0.15, 0.2) is 5.78 Å². The number of aliphatic hydroxyl groups is 1. The molecule has 1 atom stereocenters. The van der Waals surface area contributed by atoms with E-state index < -0.39 is 11.9 Å². The zero-order valence-corrected chi connectivity index (χ0v) is 13.0. The molecule has 1 aliphatic heterocycles. The van der Waals surface area contributed by atoms with E-state index in [2.05, 4.69) is 0 Å². The Morgan fingerprint density at radius 2 is 1.86 bits per heavy atom. The lowest BCUT2D eigenvalue weighted by molar-refractivity contribution is -0.128. The fourth-order valence-corrected chi connectivity index (χ4v) is 2.68. The first kappa shape index (κ1) is 16.2. The quantitative estimate of drug-likeness (QED) is 0.528. The lowest BCUT2D eigenvalue weighted by Crippen LogP contribution is -2.36. The number of likely N-dealkylation sites (tertiary alicyclic amines) is 1. The van der Waals surface area contributed by atoms with E-state index >= 15 is 0 Å². The van der Waals surface area contributed by atoms with Crippen LogP contribution >= 0.6 is 0 Å². The minimum absolute atomic E-state index is 0.132. The van der Waals surface area contributed by atoms with Gasteiger partial charge in [-0.25, -0.2) is 4.39 Å². The number of Topliss-reactive ketones (excluding diaryl/α,β-unsaturated/α-hetero) is 1. The molecule has 0 spiro atoms. The Hall–Kier alpha value is -2.17. The summed E-state index contributed by atoms with van der Waals surface area (Å²) in [5.74, 6) is -1.15. The van der Waals surface area contributed by atoms with Gasteiger partial charge in [-0.3, -0.25) is 9.59 Å². The molecule has 0 unspecified atom stereocenters. The van der Waals surface area contributed by atoms with Crippen LogP contribution in [-0.2, 0) is 16.1 Å². The molecule has 1 aromatic carbocycles. The molecule has 0 aliphatic carbocycles. The van der Waals surface area contributed by atoms with Crippen LogP contribution in [0.25, 0.3) is 0 Å². The molecule has 1 amide bonds. The average Bonchev–Trinajstić information content (AvgIpc) is 2.65. The van der Waals surface area contributed by atoms with Gasteiger partial charge in [0.2, 0.25) is 0 Å². The van der Waals surface area contributed by atoms with Crippen LogP contribution in [0.15, 0.2) is 35.6 Å². The number of hydrogen-bond acceptors (Lipinski definition) is 3. The highest BCUT2D eigenvalue weighted by molar-refractivity contribution is 6.26. The average molecular weight is 305 g/mol. The van der Waals surface area contributed by atoms with E-state index in [4.69, 9.17) is 0 Å². The van der Waals surface area contributed by atoms with Crippen molar-refractivity contribution in [1.29, 1.82) is 0 Å². The number of carbonyl (C=O) groups is 2. The molecule has 1 saturated heterocycles. The lowest BCUT2D eigenvalue weighted by atomic mass is 9.99. The molecular formula is C17H20FNO3. The third-order valence-corrected chi connectivity index (χ3v) is 3.72. The predicted octanol–water partition coefficient (Wildman–Crippen LogP) is 2.98. The second-order valence-electron chi connectivity index (χ2n) is 6.03. The SMILES string of the molecule is CC(O)=C1C(=O)[C@H](CC(C)C)N(Cc2ccc(F)cc2)C1=O. The van der Waals surface area contributed by atoms with E-state index in [9.17, 15) is 19.1 Å². The first-order chi connectivity index (χ1) is 10.3. The number of allylic oxidation sites excluding steroid dienone is 1. The van der Waals surface area contributed by atoms with Crippen molar-refractivity contribution < 1.29 is 19.1 Å². The molecule has 0 bridgehead atoms. The van der Waals surface area contributed by atoms with Crippen molar-refractivity contribution in [2.24, 2.45) is 5.92 Å². The standard InChI is InChI=1S/C17H20FNO3/c1-10(2)8-14-16(21)15(11(3)20)17(22)19(14)9-12-4-6-13(18)7-5-12/h4-7,10,14,20H,8-9H2,1-3H3/t14-/m0/s1. The fourth-order valence-electron chi connectivity index (χ4n) is 2.68. The Morgan fingerprint density at radius 3 is 2.36 bits per heavy atom. The van der Waals surface area contributed by atoms with Crippen molar-refractivity contribution in [1.82, 2.24) is 4.90 Å². The third-order valence-electron chi connectivity index (χ3n) is 3.72. The van der Waals surface area contributed by atoms with Crippen molar-refractivity contribution in [2.45, 2.75) is 39.8 Å². The Balaban J connectivity index is 2.32. The number of hydrogen-bond donors (Lipinski definition) is 1. The molecule has 1 fully saturated rings. The maximum atomic E-state index is 13.0. The van der Waals surface area contributed by atoms with Crippen molar-refractivity contribution in [3.05, 3.63) is 47.0 Å². The van der Waals surface area contributed by atoms with Gasteiger partial charge < -0.3 is 10.0 Å². The second-order valence-corrected chi connectivity index (χ2v) is 6.03. The molecule has 1 aromatic rings. The number of benzene rings is 1. The molecule has 0 radical (unpaired) electrons. The lowest BCUT2D eigenvalue weighted by Gasteiger charge is -2.24. The maximum absolute atomic E-state index is 13.0. The summed E-state index contributed by atoms with van der Waals surface area (Å²) in [6.45, 7) is 5.51. The highest BCUT2D eigenvalue weighted by Gasteiger charge is 2.44. The molecule has 5 heteroatoms. The summed E-state index contributed by atoms with van der Waals surface area (Å²) < 4.78 is 13.0. The van der Waals surface area contributed by atoms with E-state index in [0.29, 0.717) is 6.42 Å². The summed E-state index contributed by atoms with van der Waals surface area (Å²) in [7, 11) is 0. The van der Waals surface area contributed by atoms with E-state index in [1.165, 1.54) is 24.0 Å². The first-order valence-corrected chi connectivity index (χ1v) is 7.30. The number of amides is 1.